The average molecular weight is 237 g/mol. The summed E-state index contributed by atoms with van der Waals surface area (Å²) in [5, 5.41) is 8.67. The van der Waals surface area contributed by atoms with Crippen LogP contribution in [0.1, 0.15) is 0 Å². The van der Waals surface area contributed by atoms with Crippen molar-refractivity contribution in [1.82, 2.24) is 9.21 Å². The van der Waals surface area contributed by atoms with Crippen LogP contribution in [0.15, 0.2) is 0 Å². The lowest BCUT2D eigenvalue weighted by molar-refractivity contribution is 0.126. The predicted molar refractivity (Wildman–Crippen MR) is 54.0 cm³/mol. The van der Waals surface area contributed by atoms with E-state index < -0.39 is 16.1 Å². The fraction of sp³-hybridized carbons (Fsp3) is 0.857. The molecule has 1 rings (SSSR count). The lowest BCUT2D eigenvalue weighted by Crippen LogP contribution is -2.51. The first-order valence-electron chi connectivity index (χ1n) is 4.63. The molecule has 0 spiro atoms. The van der Waals surface area contributed by atoms with Crippen molar-refractivity contribution in [2.75, 3.05) is 38.5 Å². The van der Waals surface area contributed by atoms with Crippen LogP contribution < -0.4 is 5.73 Å². The Kier molecular flexibility index (Phi) is 3.89. The fourth-order valence-electron chi connectivity index (χ4n) is 1.44. The lowest BCUT2D eigenvalue weighted by Gasteiger charge is -2.32. The highest BCUT2D eigenvalue weighted by Crippen LogP contribution is 2.07. The number of hydrogen-bond donors (Lipinski definition) is 2. The minimum Gasteiger partial charge on any atom is -0.465 e. The van der Waals surface area contributed by atoms with Gasteiger partial charge in [-0.3, -0.25) is 0 Å². The van der Waals surface area contributed by atoms with Gasteiger partial charge in [0.1, 0.15) is 0 Å². The van der Waals surface area contributed by atoms with Crippen molar-refractivity contribution in [2.45, 2.75) is 0 Å². The van der Waals surface area contributed by atoms with Gasteiger partial charge in [0.25, 0.3) is 0 Å². The molecule has 0 aromatic heterocycles. The zero-order valence-corrected chi connectivity index (χ0v) is 9.11. The molecule has 1 amide bonds. The first kappa shape index (κ1) is 12.2. The smallest absolute Gasteiger partial charge is 0.407 e. The topological polar surface area (TPSA) is 104 Å². The number of carboxylic acid groups (broad SMARTS) is 1. The number of sulfonamides is 1. The molecule has 0 aromatic rings. The van der Waals surface area contributed by atoms with Gasteiger partial charge in [0, 0.05) is 32.7 Å². The molecule has 0 atom stereocenters. The second-order valence-corrected chi connectivity index (χ2v) is 5.36. The van der Waals surface area contributed by atoms with Gasteiger partial charge in [-0.15, -0.1) is 0 Å². The van der Waals surface area contributed by atoms with Crippen LogP contribution in [0.4, 0.5) is 4.79 Å². The molecular formula is C7H15N3O4S. The summed E-state index contributed by atoms with van der Waals surface area (Å²) in [6.45, 7) is 0.961. The van der Waals surface area contributed by atoms with E-state index in [4.69, 9.17) is 10.8 Å². The highest BCUT2D eigenvalue weighted by molar-refractivity contribution is 7.89. The van der Waals surface area contributed by atoms with E-state index in [2.05, 4.69) is 0 Å². The van der Waals surface area contributed by atoms with Gasteiger partial charge in [-0.1, -0.05) is 0 Å². The molecule has 88 valence electrons. The third-order valence-electron chi connectivity index (χ3n) is 2.28. The highest BCUT2D eigenvalue weighted by atomic mass is 32.2. The van der Waals surface area contributed by atoms with Gasteiger partial charge in [0.05, 0.1) is 5.75 Å². The summed E-state index contributed by atoms with van der Waals surface area (Å²) in [6.07, 6.45) is -1.01. The van der Waals surface area contributed by atoms with Crippen LogP contribution in [0.5, 0.6) is 0 Å². The van der Waals surface area contributed by atoms with Gasteiger partial charge < -0.3 is 15.7 Å². The minimum absolute atomic E-state index is 0.0833. The van der Waals surface area contributed by atoms with Gasteiger partial charge in [-0.2, -0.15) is 4.31 Å². The molecule has 7 nitrogen and oxygen atoms in total. The third-order valence-corrected chi connectivity index (χ3v) is 4.18. The molecule has 0 aromatic carbocycles. The van der Waals surface area contributed by atoms with E-state index >= 15 is 0 Å². The maximum absolute atomic E-state index is 11.5. The number of hydrogen-bond acceptors (Lipinski definition) is 4. The van der Waals surface area contributed by atoms with Crippen LogP contribution in [0.25, 0.3) is 0 Å². The van der Waals surface area contributed by atoms with E-state index in [-0.39, 0.29) is 38.5 Å². The first-order chi connectivity index (χ1) is 6.97. The van der Waals surface area contributed by atoms with Crippen LogP contribution in [-0.4, -0.2) is 67.3 Å². The summed E-state index contributed by atoms with van der Waals surface area (Å²) in [4.78, 5) is 11.8. The Bertz CT molecular complexity index is 321. The number of amides is 1. The summed E-state index contributed by atoms with van der Waals surface area (Å²) in [6, 6.07) is 0. The van der Waals surface area contributed by atoms with E-state index in [1.54, 1.807) is 0 Å². The van der Waals surface area contributed by atoms with Gasteiger partial charge in [-0.25, -0.2) is 13.2 Å². The van der Waals surface area contributed by atoms with E-state index in [9.17, 15) is 13.2 Å². The largest absolute Gasteiger partial charge is 0.465 e. The van der Waals surface area contributed by atoms with Crippen LogP contribution in [-0.2, 0) is 10.0 Å². The zero-order valence-electron chi connectivity index (χ0n) is 8.29. The molecule has 1 aliphatic rings. The average Bonchev–Trinajstić information content (AvgIpc) is 2.18. The van der Waals surface area contributed by atoms with E-state index in [0.717, 1.165) is 0 Å². The highest BCUT2D eigenvalue weighted by Gasteiger charge is 2.27. The summed E-state index contributed by atoms with van der Waals surface area (Å²) in [5.74, 6) is -0.0833. The van der Waals surface area contributed by atoms with Crippen molar-refractivity contribution >= 4 is 16.1 Å². The van der Waals surface area contributed by atoms with Crippen molar-refractivity contribution < 1.29 is 18.3 Å². The number of piperazine rings is 1. The van der Waals surface area contributed by atoms with Crippen molar-refractivity contribution in [1.29, 1.82) is 0 Å². The molecule has 1 saturated heterocycles. The molecular weight excluding hydrogens is 222 g/mol. The van der Waals surface area contributed by atoms with Crippen molar-refractivity contribution in [3.05, 3.63) is 0 Å². The van der Waals surface area contributed by atoms with Gasteiger partial charge in [-0.05, 0) is 0 Å². The predicted octanol–water partition coefficient (Wildman–Crippen LogP) is -1.43. The van der Waals surface area contributed by atoms with Crippen LogP contribution >= 0.6 is 0 Å². The summed E-state index contributed by atoms with van der Waals surface area (Å²) in [7, 11) is -3.29. The molecule has 0 aliphatic carbocycles. The number of carbonyl (C=O) groups is 1. The molecule has 1 heterocycles. The lowest BCUT2D eigenvalue weighted by atomic mass is 10.4. The maximum Gasteiger partial charge on any atom is 0.407 e. The molecule has 1 fully saturated rings. The SMILES string of the molecule is NCCS(=O)(=O)N1CCN(C(=O)O)CC1. The monoisotopic (exact) mass is 237 g/mol. The van der Waals surface area contributed by atoms with Crippen LogP contribution in [0, 0.1) is 0 Å². The molecule has 8 heteroatoms. The van der Waals surface area contributed by atoms with Gasteiger partial charge >= 0.3 is 6.09 Å². The maximum atomic E-state index is 11.5. The number of rotatable bonds is 3. The molecule has 0 radical (unpaired) electrons. The van der Waals surface area contributed by atoms with Crippen LogP contribution in [0.2, 0.25) is 0 Å². The van der Waals surface area contributed by atoms with Crippen LogP contribution in [0.3, 0.4) is 0 Å². The quantitative estimate of drug-likeness (QED) is 0.626. The Morgan fingerprint density at radius 1 is 1.27 bits per heavy atom. The van der Waals surface area contributed by atoms with Crippen molar-refractivity contribution in [3.8, 4) is 0 Å². The molecule has 0 unspecified atom stereocenters. The second kappa shape index (κ2) is 4.77. The first-order valence-corrected chi connectivity index (χ1v) is 6.24. The molecule has 1 aliphatic heterocycles. The Morgan fingerprint density at radius 3 is 2.20 bits per heavy atom. The fourth-order valence-corrected chi connectivity index (χ4v) is 2.71. The normalized spacial score (nSPS) is 19.1. The molecule has 3 N–H and O–H groups in total. The Balaban J connectivity index is 2.54. The molecule has 0 saturated carbocycles. The summed E-state index contributed by atoms with van der Waals surface area (Å²) >= 11 is 0. The van der Waals surface area contributed by atoms with E-state index in [1.165, 1.54) is 9.21 Å². The van der Waals surface area contributed by atoms with Gasteiger partial charge in [0.15, 0.2) is 0 Å². The van der Waals surface area contributed by atoms with Gasteiger partial charge in [0.2, 0.25) is 10.0 Å². The standard InChI is InChI=1S/C7H15N3O4S/c8-1-6-15(13,14)10-4-2-9(3-5-10)7(11)12/h1-6,8H2,(H,11,12). The Morgan fingerprint density at radius 2 is 1.80 bits per heavy atom. The second-order valence-electron chi connectivity index (χ2n) is 3.27. The van der Waals surface area contributed by atoms with E-state index in [0.29, 0.717) is 0 Å². The van der Waals surface area contributed by atoms with Crippen molar-refractivity contribution in [3.63, 3.8) is 0 Å². The summed E-state index contributed by atoms with van der Waals surface area (Å²) < 4.78 is 24.4. The van der Waals surface area contributed by atoms with Crippen molar-refractivity contribution in [2.24, 2.45) is 5.73 Å². The minimum atomic E-state index is -3.29. The molecule has 0 bridgehead atoms. The Hall–Kier alpha value is -0.860. The third kappa shape index (κ3) is 3.05. The number of nitrogens with two attached hydrogens (primary N) is 1. The summed E-state index contributed by atoms with van der Waals surface area (Å²) in [5.41, 5.74) is 5.19. The zero-order chi connectivity index (χ0) is 11.5. The number of nitrogens with zero attached hydrogens (tertiary/aromatic N) is 2. The van der Waals surface area contributed by atoms with E-state index in [1.807, 2.05) is 0 Å². The molecule has 15 heavy (non-hydrogen) atoms. The Labute approximate surface area is 88.5 Å².